The van der Waals surface area contributed by atoms with Crippen molar-refractivity contribution >= 4 is 0 Å². The summed E-state index contributed by atoms with van der Waals surface area (Å²) >= 11 is 0. The molecule has 0 saturated heterocycles. The number of rotatable bonds is 8. The van der Waals surface area contributed by atoms with Crippen LogP contribution in [-0.2, 0) is 0 Å². The van der Waals surface area contributed by atoms with Gasteiger partial charge >= 0.3 is 0 Å². The lowest BCUT2D eigenvalue weighted by Gasteiger charge is -2.32. The molecule has 15 heavy (non-hydrogen) atoms. The van der Waals surface area contributed by atoms with Gasteiger partial charge in [-0.15, -0.1) is 0 Å². The van der Waals surface area contributed by atoms with E-state index in [1.807, 2.05) is 6.92 Å². The summed E-state index contributed by atoms with van der Waals surface area (Å²) < 4.78 is 0. The lowest BCUT2D eigenvalue weighted by molar-refractivity contribution is 0.104. The smallest absolute Gasteiger partial charge is 0.0499 e. The molecule has 0 heterocycles. The lowest BCUT2D eigenvalue weighted by atomic mass is 9.83. The van der Waals surface area contributed by atoms with E-state index < -0.39 is 0 Å². The second-order valence-electron chi connectivity index (χ2n) is 4.69. The average Bonchev–Trinajstić information content (AvgIpc) is 2.30. The molecule has 0 radical (unpaired) electrons. The summed E-state index contributed by atoms with van der Waals surface area (Å²) in [6.45, 7) is 9.58. The first-order chi connectivity index (χ1) is 7.05. The van der Waals surface area contributed by atoms with E-state index in [9.17, 15) is 5.11 Å². The van der Waals surface area contributed by atoms with E-state index in [4.69, 9.17) is 5.11 Å². The van der Waals surface area contributed by atoms with Crippen molar-refractivity contribution in [1.82, 2.24) is 5.32 Å². The first kappa shape index (κ1) is 14.9. The highest BCUT2D eigenvalue weighted by Gasteiger charge is 2.26. The Balaban J connectivity index is 4.10. The highest BCUT2D eigenvalue weighted by Crippen LogP contribution is 2.24. The van der Waals surface area contributed by atoms with Crippen LogP contribution >= 0.6 is 0 Å². The third-order valence-electron chi connectivity index (χ3n) is 3.78. The van der Waals surface area contributed by atoms with Crippen LogP contribution in [0.5, 0.6) is 0 Å². The molecule has 3 N–H and O–H groups in total. The summed E-state index contributed by atoms with van der Waals surface area (Å²) in [6.07, 6.45) is 1.96. The summed E-state index contributed by atoms with van der Waals surface area (Å²) in [7, 11) is 0. The number of hydrogen-bond acceptors (Lipinski definition) is 3. The topological polar surface area (TPSA) is 52.5 Å². The van der Waals surface area contributed by atoms with Gasteiger partial charge in [-0.1, -0.05) is 20.8 Å². The predicted octanol–water partition coefficient (Wildman–Crippen LogP) is 1.39. The van der Waals surface area contributed by atoms with Crippen molar-refractivity contribution < 1.29 is 10.2 Å². The molecule has 3 heteroatoms. The van der Waals surface area contributed by atoms with Crippen molar-refractivity contribution in [3.63, 3.8) is 0 Å². The van der Waals surface area contributed by atoms with Crippen molar-refractivity contribution in [2.45, 2.75) is 46.6 Å². The Labute approximate surface area is 93.9 Å². The van der Waals surface area contributed by atoms with Gasteiger partial charge in [-0.2, -0.15) is 0 Å². The minimum atomic E-state index is 0.00341. The third-order valence-corrected chi connectivity index (χ3v) is 3.78. The Bertz CT molecular complexity index is 149. The zero-order valence-electron chi connectivity index (χ0n) is 10.6. The van der Waals surface area contributed by atoms with Gasteiger partial charge in [-0.25, -0.2) is 0 Å². The van der Waals surface area contributed by atoms with Crippen LogP contribution in [-0.4, -0.2) is 36.0 Å². The standard InChI is InChI=1S/C12H27NO2/c1-5-12(6-2,9-15)8-13-11(4)10(3)7-14/h10-11,13-15H,5-9H2,1-4H3. The molecule has 0 saturated carbocycles. The first-order valence-electron chi connectivity index (χ1n) is 6.00. The van der Waals surface area contributed by atoms with Crippen molar-refractivity contribution in [3.8, 4) is 0 Å². The van der Waals surface area contributed by atoms with Gasteiger partial charge < -0.3 is 15.5 Å². The molecule has 0 spiro atoms. The maximum Gasteiger partial charge on any atom is 0.0499 e. The van der Waals surface area contributed by atoms with Crippen molar-refractivity contribution in [2.24, 2.45) is 11.3 Å². The number of nitrogens with one attached hydrogen (secondary N) is 1. The lowest BCUT2D eigenvalue weighted by Crippen LogP contribution is -2.43. The second kappa shape index (κ2) is 7.20. The number of aliphatic hydroxyl groups excluding tert-OH is 2. The minimum Gasteiger partial charge on any atom is -0.396 e. The van der Waals surface area contributed by atoms with Gasteiger partial charge in [0.05, 0.1) is 0 Å². The van der Waals surface area contributed by atoms with Crippen molar-refractivity contribution in [2.75, 3.05) is 19.8 Å². The second-order valence-corrected chi connectivity index (χ2v) is 4.69. The molecule has 0 aliphatic rings. The van der Waals surface area contributed by atoms with E-state index in [-0.39, 0.29) is 24.5 Å². The Hall–Kier alpha value is -0.120. The van der Waals surface area contributed by atoms with Crippen LogP contribution in [0.25, 0.3) is 0 Å². The molecule has 0 bridgehead atoms. The molecule has 92 valence electrons. The van der Waals surface area contributed by atoms with Crippen LogP contribution in [0.1, 0.15) is 40.5 Å². The summed E-state index contributed by atoms with van der Waals surface area (Å²) in [6, 6.07) is 0.291. The number of aliphatic hydroxyl groups is 2. The zero-order valence-corrected chi connectivity index (χ0v) is 10.6. The van der Waals surface area contributed by atoms with Gasteiger partial charge in [-0.05, 0) is 25.7 Å². The third kappa shape index (κ3) is 4.49. The van der Waals surface area contributed by atoms with Crippen LogP contribution in [0.4, 0.5) is 0 Å². The van der Waals surface area contributed by atoms with Crippen molar-refractivity contribution in [3.05, 3.63) is 0 Å². The molecule has 0 amide bonds. The monoisotopic (exact) mass is 217 g/mol. The van der Waals surface area contributed by atoms with Crippen molar-refractivity contribution in [1.29, 1.82) is 0 Å². The SMILES string of the molecule is CCC(CC)(CO)CNC(C)C(C)CO. The first-order valence-corrected chi connectivity index (χ1v) is 6.00. The summed E-state index contributed by atoms with van der Waals surface area (Å²) in [5, 5.41) is 21.8. The van der Waals surface area contributed by atoms with Gasteiger partial charge in [0.1, 0.15) is 0 Å². The van der Waals surface area contributed by atoms with Crippen LogP contribution in [0.15, 0.2) is 0 Å². The Kier molecular flexibility index (Phi) is 7.14. The molecule has 3 nitrogen and oxygen atoms in total. The molecule has 0 rings (SSSR count). The van der Waals surface area contributed by atoms with Gasteiger partial charge in [0.2, 0.25) is 0 Å². The zero-order chi connectivity index (χ0) is 11.9. The minimum absolute atomic E-state index is 0.00341. The normalized spacial score (nSPS) is 16.4. The van der Waals surface area contributed by atoms with E-state index in [1.165, 1.54) is 0 Å². The molecule has 2 unspecified atom stereocenters. The molecule has 0 aliphatic heterocycles. The molecule has 0 aromatic heterocycles. The molecule has 0 aromatic carbocycles. The Morgan fingerprint density at radius 1 is 1.13 bits per heavy atom. The van der Waals surface area contributed by atoms with Gasteiger partial charge in [0.15, 0.2) is 0 Å². The predicted molar refractivity (Wildman–Crippen MR) is 63.8 cm³/mol. The molecule has 2 atom stereocenters. The molecular weight excluding hydrogens is 190 g/mol. The van der Waals surface area contributed by atoms with Crippen LogP contribution in [0.3, 0.4) is 0 Å². The Morgan fingerprint density at radius 2 is 1.67 bits per heavy atom. The molecule has 0 fully saturated rings. The summed E-state index contributed by atoms with van der Waals surface area (Å²) in [5.41, 5.74) is 0.00341. The van der Waals surface area contributed by atoms with E-state index in [1.54, 1.807) is 0 Å². The van der Waals surface area contributed by atoms with Crippen LogP contribution < -0.4 is 5.32 Å². The highest BCUT2D eigenvalue weighted by atomic mass is 16.3. The summed E-state index contributed by atoms with van der Waals surface area (Å²) in [5.74, 6) is 0.259. The molecule has 0 aromatic rings. The van der Waals surface area contributed by atoms with Crippen LogP contribution in [0, 0.1) is 11.3 Å². The highest BCUT2D eigenvalue weighted by molar-refractivity contribution is 4.80. The van der Waals surface area contributed by atoms with E-state index in [2.05, 4.69) is 26.1 Å². The fourth-order valence-corrected chi connectivity index (χ4v) is 1.52. The van der Waals surface area contributed by atoms with E-state index in [0.29, 0.717) is 6.04 Å². The van der Waals surface area contributed by atoms with E-state index in [0.717, 1.165) is 19.4 Å². The molecule has 0 aliphatic carbocycles. The maximum atomic E-state index is 9.40. The van der Waals surface area contributed by atoms with Crippen LogP contribution in [0.2, 0.25) is 0 Å². The van der Waals surface area contributed by atoms with Gasteiger partial charge in [-0.3, -0.25) is 0 Å². The Morgan fingerprint density at radius 3 is 2.00 bits per heavy atom. The summed E-state index contributed by atoms with van der Waals surface area (Å²) in [4.78, 5) is 0. The molecular formula is C12H27NO2. The quantitative estimate of drug-likeness (QED) is 0.576. The largest absolute Gasteiger partial charge is 0.396 e. The van der Waals surface area contributed by atoms with E-state index >= 15 is 0 Å². The number of hydrogen-bond donors (Lipinski definition) is 3. The maximum absolute atomic E-state index is 9.40. The average molecular weight is 217 g/mol. The fourth-order valence-electron chi connectivity index (χ4n) is 1.52. The fraction of sp³-hybridized carbons (Fsp3) is 1.00. The van der Waals surface area contributed by atoms with Gasteiger partial charge in [0, 0.05) is 31.2 Å². The van der Waals surface area contributed by atoms with Gasteiger partial charge in [0.25, 0.3) is 0 Å².